The number of non-ortho nitro benzene ring substituents is 1. The van der Waals surface area contributed by atoms with Crippen LogP contribution in [0.2, 0.25) is 0 Å². The van der Waals surface area contributed by atoms with Gasteiger partial charge >= 0.3 is 0 Å². The summed E-state index contributed by atoms with van der Waals surface area (Å²) in [6.45, 7) is 6.09. The van der Waals surface area contributed by atoms with E-state index in [0.29, 0.717) is 17.9 Å². The first-order valence-corrected chi connectivity index (χ1v) is 7.22. The predicted octanol–water partition coefficient (Wildman–Crippen LogP) is 3.86. The van der Waals surface area contributed by atoms with Crippen LogP contribution in [0.15, 0.2) is 36.4 Å². The van der Waals surface area contributed by atoms with E-state index in [-0.39, 0.29) is 11.6 Å². The molecule has 0 unspecified atom stereocenters. The molecule has 0 saturated carbocycles. The maximum absolute atomic E-state index is 12.3. The van der Waals surface area contributed by atoms with E-state index < -0.39 is 4.92 Å². The monoisotopic (exact) mass is 314 g/mol. The molecular weight excluding hydrogens is 296 g/mol. The molecule has 6 nitrogen and oxygen atoms in total. The summed E-state index contributed by atoms with van der Waals surface area (Å²) in [5, 5.41) is 13.6. The van der Waals surface area contributed by atoms with Crippen LogP contribution in [0.25, 0.3) is 0 Å². The highest BCUT2D eigenvalue weighted by molar-refractivity contribution is 6.05. The minimum absolute atomic E-state index is 0.0613. The van der Waals surface area contributed by atoms with Crippen LogP contribution < -0.4 is 10.1 Å². The number of hydrogen-bond donors (Lipinski definition) is 1. The summed E-state index contributed by atoms with van der Waals surface area (Å²) in [6, 6.07) is 9.51. The van der Waals surface area contributed by atoms with E-state index >= 15 is 0 Å². The van der Waals surface area contributed by atoms with Gasteiger partial charge in [0.25, 0.3) is 11.6 Å². The Kier molecular flexibility index (Phi) is 4.95. The fraction of sp³-hybridized carbons (Fsp3) is 0.235. The van der Waals surface area contributed by atoms with E-state index in [9.17, 15) is 14.9 Å². The van der Waals surface area contributed by atoms with Gasteiger partial charge in [-0.2, -0.15) is 0 Å². The van der Waals surface area contributed by atoms with Gasteiger partial charge in [0.2, 0.25) is 0 Å². The summed E-state index contributed by atoms with van der Waals surface area (Å²) in [6.07, 6.45) is 0. The van der Waals surface area contributed by atoms with Crippen molar-refractivity contribution in [2.45, 2.75) is 20.8 Å². The largest absolute Gasteiger partial charge is 0.494 e. The Morgan fingerprint density at radius 3 is 2.52 bits per heavy atom. The molecule has 0 spiro atoms. The quantitative estimate of drug-likeness (QED) is 0.671. The summed E-state index contributed by atoms with van der Waals surface area (Å²) in [4.78, 5) is 22.7. The van der Waals surface area contributed by atoms with Crippen LogP contribution in [0.1, 0.15) is 28.4 Å². The summed E-state index contributed by atoms with van der Waals surface area (Å²) in [7, 11) is 0. The van der Waals surface area contributed by atoms with Crippen molar-refractivity contribution >= 4 is 17.3 Å². The molecule has 0 aromatic heterocycles. The number of nitrogens with zero attached hydrogens (tertiary/aromatic N) is 1. The molecule has 1 N–H and O–H groups in total. The van der Waals surface area contributed by atoms with Crippen molar-refractivity contribution in [2.75, 3.05) is 11.9 Å². The smallest absolute Gasteiger partial charge is 0.271 e. The molecule has 0 saturated heterocycles. The molecule has 0 fully saturated rings. The first-order chi connectivity index (χ1) is 10.9. The van der Waals surface area contributed by atoms with Crippen molar-refractivity contribution in [3.63, 3.8) is 0 Å². The lowest BCUT2D eigenvalue weighted by atomic mass is 10.1. The molecule has 0 aliphatic rings. The number of nitro groups is 1. The van der Waals surface area contributed by atoms with Gasteiger partial charge in [0.05, 0.1) is 17.2 Å². The molecular formula is C17H18N2O4. The van der Waals surface area contributed by atoms with Gasteiger partial charge in [-0.1, -0.05) is 6.07 Å². The molecule has 6 heteroatoms. The summed E-state index contributed by atoms with van der Waals surface area (Å²) in [5.41, 5.74) is 2.45. The SMILES string of the molecule is CCOc1ccc(C(=O)Nc2cc([N+](=O)[O-])ccc2C)cc1C. The second kappa shape index (κ2) is 6.91. The second-order valence-corrected chi connectivity index (χ2v) is 5.12. The number of rotatable bonds is 5. The van der Waals surface area contributed by atoms with Crippen LogP contribution >= 0.6 is 0 Å². The molecule has 0 radical (unpaired) electrons. The third-order valence-electron chi connectivity index (χ3n) is 3.42. The highest BCUT2D eigenvalue weighted by Gasteiger charge is 2.13. The molecule has 0 heterocycles. The van der Waals surface area contributed by atoms with Gasteiger partial charge in [-0.15, -0.1) is 0 Å². The van der Waals surface area contributed by atoms with Crippen LogP contribution in [0.3, 0.4) is 0 Å². The average Bonchev–Trinajstić information content (AvgIpc) is 2.51. The van der Waals surface area contributed by atoms with E-state index in [2.05, 4.69) is 5.32 Å². The van der Waals surface area contributed by atoms with Crippen molar-refractivity contribution in [1.82, 2.24) is 0 Å². The predicted molar refractivity (Wildman–Crippen MR) is 88.1 cm³/mol. The van der Waals surface area contributed by atoms with E-state index in [4.69, 9.17) is 4.74 Å². The lowest BCUT2D eigenvalue weighted by Gasteiger charge is -2.11. The van der Waals surface area contributed by atoms with Gasteiger partial charge in [-0.05, 0) is 50.1 Å². The first-order valence-electron chi connectivity index (χ1n) is 7.22. The number of aryl methyl sites for hydroxylation is 2. The zero-order chi connectivity index (χ0) is 17.0. The van der Waals surface area contributed by atoms with Crippen molar-refractivity contribution in [3.05, 3.63) is 63.2 Å². The number of ether oxygens (including phenoxy) is 1. The maximum Gasteiger partial charge on any atom is 0.271 e. The topological polar surface area (TPSA) is 81.5 Å². The average molecular weight is 314 g/mol. The highest BCUT2D eigenvalue weighted by atomic mass is 16.6. The molecule has 0 atom stereocenters. The number of carbonyl (C=O) groups excluding carboxylic acids is 1. The summed E-state index contributed by atoms with van der Waals surface area (Å²) >= 11 is 0. The molecule has 0 aliphatic heterocycles. The fourth-order valence-electron chi connectivity index (χ4n) is 2.16. The second-order valence-electron chi connectivity index (χ2n) is 5.12. The molecule has 0 bridgehead atoms. The van der Waals surface area contributed by atoms with Crippen molar-refractivity contribution in [1.29, 1.82) is 0 Å². The van der Waals surface area contributed by atoms with E-state index in [1.165, 1.54) is 12.1 Å². The maximum atomic E-state index is 12.3. The lowest BCUT2D eigenvalue weighted by Crippen LogP contribution is -2.13. The number of anilines is 1. The Morgan fingerprint density at radius 2 is 1.91 bits per heavy atom. The standard InChI is InChI=1S/C17H18N2O4/c1-4-23-16-8-6-13(9-12(16)3)17(20)18-15-10-14(19(21)22)7-5-11(15)2/h5-10H,4H2,1-3H3,(H,18,20). The van der Waals surface area contributed by atoms with Gasteiger partial charge in [0.15, 0.2) is 0 Å². The van der Waals surface area contributed by atoms with Crippen LogP contribution in [0.4, 0.5) is 11.4 Å². The van der Waals surface area contributed by atoms with Crippen LogP contribution in [-0.4, -0.2) is 17.4 Å². The van der Waals surface area contributed by atoms with Gasteiger partial charge in [-0.25, -0.2) is 0 Å². The third kappa shape index (κ3) is 3.85. The van der Waals surface area contributed by atoms with Gasteiger partial charge in [0, 0.05) is 17.7 Å². The van der Waals surface area contributed by atoms with Crippen molar-refractivity contribution in [3.8, 4) is 5.75 Å². The minimum atomic E-state index is -0.490. The minimum Gasteiger partial charge on any atom is -0.494 e. The molecule has 0 aliphatic carbocycles. The zero-order valence-electron chi connectivity index (χ0n) is 13.3. The van der Waals surface area contributed by atoms with Crippen LogP contribution in [0.5, 0.6) is 5.75 Å². The first kappa shape index (κ1) is 16.5. The Hall–Kier alpha value is -2.89. The van der Waals surface area contributed by atoms with Gasteiger partial charge in [0.1, 0.15) is 5.75 Å². The molecule has 2 aromatic carbocycles. The van der Waals surface area contributed by atoms with Gasteiger partial charge in [-0.3, -0.25) is 14.9 Å². The Bertz CT molecular complexity index is 756. The van der Waals surface area contributed by atoms with Crippen molar-refractivity contribution in [2.24, 2.45) is 0 Å². The van der Waals surface area contributed by atoms with Gasteiger partial charge < -0.3 is 10.1 Å². The van der Waals surface area contributed by atoms with E-state index in [1.807, 2.05) is 13.8 Å². The number of amides is 1. The lowest BCUT2D eigenvalue weighted by molar-refractivity contribution is -0.384. The molecule has 23 heavy (non-hydrogen) atoms. The number of hydrogen-bond acceptors (Lipinski definition) is 4. The summed E-state index contributed by atoms with van der Waals surface area (Å²) < 4.78 is 5.44. The number of benzene rings is 2. The molecule has 120 valence electrons. The van der Waals surface area contributed by atoms with E-state index in [1.54, 1.807) is 31.2 Å². The Labute approximate surface area is 134 Å². The normalized spacial score (nSPS) is 10.2. The number of carbonyl (C=O) groups is 1. The molecule has 2 rings (SSSR count). The fourth-order valence-corrected chi connectivity index (χ4v) is 2.16. The molecule has 1 amide bonds. The third-order valence-corrected chi connectivity index (χ3v) is 3.42. The number of nitro benzene ring substituents is 1. The molecule has 2 aromatic rings. The van der Waals surface area contributed by atoms with Crippen LogP contribution in [-0.2, 0) is 0 Å². The Morgan fingerprint density at radius 1 is 1.17 bits per heavy atom. The summed E-state index contributed by atoms with van der Waals surface area (Å²) in [5.74, 6) is 0.412. The van der Waals surface area contributed by atoms with Crippen molar-refractivity contribution < 1.29 is 14.5 Å². The highest BCUT2D eigenvalue weighted by Crippen LogP contribution is 2.24. The van der Waals surface area contributed by atoms with E-state index in [0.717, 1.165) is 16.9 Å². The zero-order valence-corrected chi connectivity index (χ0v) is 13.3. The van der Waals surface area contributed by atoms with Crippen LogP contribution in [0, 0.1) is 24.0 Å². The Balaban J connectivity index is 2.24. The number of nitrogens with one attached hydrogen (secondary N) is 1.